The van der Waals surface area contributed by atoms with Gasteiger partial charge >= 0.3 is 0 Å². The molecule has 5 aliphatic rings. The maximum atomic E-state index is 6.68. The molecule has 1 saturated heterocycles. The van der Waals surface area contributed by atoms with Crippen LogP contribution in [-0.4, -0.2) is 24.0 Å². The molecule has 5 fully saturated rings. The van der Waals surface area contributed by atoms with Gasteiger partial charge in [0.05, 0.1) is 12.2 Å². The molecule has 3 heteroatoms. The highest BCUT2D eigenvalue weighted by Crippen LogP contribution is 2.69. The molecule has 1 aliphatic heterocycles. The first kappa shape index (κ1) is 18.6. The van der Waals surface area contributed by atoms with Gasteiger partial charge in [0, 0.05) is 6.04 Å². The largest absolute Gasteiger partial charge is 0.344 e. The smallest absolute Gasteiger partial charge is 0.163 e. The van der Waals surface area contributed by atoms with Gasteiger partial charge in [-0.2, -0.15) is 0 Å². The topological polar surface area (TPSA) is 44.5 Å². The van der Waals surface area contributed by atoms with Gasteiger partial charge in [-0.25, -0.2) is 0 Å². The predicted octanol–water partition coefficient (Wildman–Crippen LogP) is 4.90. The van der Waals surface area contributed by atoms with Crippen LogP contribution in [0.5, 0.6) is 0 Å². The third-order valence-electron chi connectivity index (χ3n) is 9.93. The zero-order valence-electron chi connectivity index (χ0n) is 17.7. The lowest BCUT2D eigenvalue weighted by atomic mass is 9.43. The van der Waals surface area contributed by atoms with Crippen LogP contribution in [0.3, 0.4) is 0 Å². The summed E-state index contributed by atoms with van der Waals surface area (Å²) in [6.07, 6.45) is 11.6. The molecule has 3 nitrogen and oxygen atoms in total. The quantitative estimate of drug-likeness (QED) is 0.665. The zero-order chi connectivity index (χ0) is 19.2. The Morgan fingerprint density at radius 2 is 1.52 bits per heavy atom. The molecule has 4 saturated carbocycles. The van der Waals surface area contributed by atoms with Crippen molar-refractivity contribution in [3.63, 3.8) is 0 Å². The van der Waals surface area contributed by atoms with E-state index in [1.807, 2.05) is 0 Å². The first-order valence-corrected chi connectivity index (χ1v) is 11.4. The van der Waals surface area contributed by atoms with Gasteiger partial charge in [0.1, 0.15) is 0 Å². The Hall–Kier alpha value is -0.380. The minimum atomic E-state index is -0.461. The van der Waals surface area contributed by atoms with Crippen LogP contribution in [0.2, 0.25) is 0 Å². The van der Waals surface area contributed by atoms with Crippen LogP contribution in [0.25, 0.3) is 0 Å². The predicted molar refractivity (Wildman–Crippen MR) is 108 cm³/mol. The number of hydrogen-bond donors (Lipinski definition) is 1. The Balaban J connectivity index is 1.58. The Morgan fingerprint density at radius 3 is 2.26 bits per heavy atom. The van der Waals surface area contributed by atoms with Crippen molar-refractivity contribution in [2.45, 2.75) is 96.7 Å². The normalized spacial score (nSPS) is 58.7. The van der Waals surface area contributed by atoms with Crippen molar-refractivity contribution >= 4 is 0 Å². The van der Waals surface area contributed by atoms with Gasteiger partial charge in [-0.3, -0.25) is 0 Å². The van der Waals surface area contributed by atoms with Crippen LogP contribution >= 0.6 is 0 Å². The second-order valence-corrected chi connectivity index (χ2v) is 11.5. The van der Waals surface area contributed by atoms with Crippen LogP contribution in [0, 0.1) is 40.4 Å². The van der Waals surface area contributed by atoms with Gasteiger partial charge in [0.25, 0.3) is 0 Å². The molecule has 152 valence electrons. The molecule has 4 unspecified atom stereocenters. The van der Waals surface area contributed by atoms with E-state index in [2.05, 4.69) is 40.3 Å². The SMILES string of the molecule is C=C[C@H]1CCC2C3C(CC[C@@]21C)[C@@]1(C)CC[C@H](N)CC1[C@H]1OC(C)(C)O[C@H]31. The van der Waals surface area contributed by atoms with E-state index in [1.54, 1.807) is 0 Å². The third kappa shape index (κ3) is 2.43. The molecule has 0 aromatic heterocycles. The van der Waals surface area contributed by atoms with Crippen molar-refractivity contribution in [1.82, 2.24) is 0 Å². The fourth-order valence-corrected chi connectivity index (χ4v) is 8.64. The molecule has 4 aliphatic carbocycles. The standard InChI is InChI=1S/C24H39NO2/c1-6-14-7-8-16-19-17(10-12-23(14,16)4)24(5)11-9-15(25)13-18(24)20-21(19)27-22(2,3)26-20/h6,14-21H,1,7-13,25H2,2-5H3/t14-,15-,16?,17?,18?,19?,20+,21+,23+,24+/m0/s1. The number of allylic oxidation sites excluding steroid dienone is 1. The maximum Gasteiger partial charge on any atom is 0.163 e. The maximum absolute atomic E-state index is 6.68. The monoisotopic (exact) mass is 373 g/mol. The molecule has 0 aromatic carbocycles. The lowest BCUT2D eigenvalue weighted by molar-refractivity contribution is -0.179. The molecular weight excluding hydrogens is 334 g/mol. The zero-order valence-corrected chi connectivity index (χ0v) is 17.7. The van der Waals surface area contributed by atoms with E-state index < -0.39 is 5.79 Å². The minimum Gasteiger partial charge on any atom is -0.344 e. The van der Waals surface area contributed by atoms with Gasteiger partial charge in [0.15, 0.2) is 5.79 Å². The van der Waals surface area contributed by atoms with E-state index >= 15 is 0 Å². The summed E-state index contributed by atoms with van der Waals surface area (Å²) >= 11 is 0. The Bertz CT molecular complexity index is 632. The van der Waals surface area contributed by atoms with E-state index in [1.165, 1.54) is 38.5 Å². The highest BCUT2D eigenvalue weighted by Gasteiger charge is 2.68. The van der Waals surface area contributed by atoms with E-state index in [0.29, 0.717) is 34.6 Å². The van der Waals surface area contributed by atoms with Crippen molar-refractivity contribution in [3.8, 4) is 0 Å². The van der Waals surface area contributed by atoms with Gasteiger partial charge in [0.2, 0.25) is 0 Å². The molecule has 0 spiro atoms. The first-order chi connectivity index (χ1) is 12.7. The highest BCUT2D eigenvalue weighted by atomic mass is 16.8. The molecule has 2 N–H and O–H groups in total. The summed E-state index contributed by atoms with van der Waals surface area (Å²) < 4.78 is 13.3. The van der Waals surface area contributed by atoms with Crippen LogP contribution < -0.4 is 5.73 Å². The van der Waals surface area contributed by atoms with Crippen LogP contribution in [0.4, 0.5) is 0 Å². The second kappa shape index (κ2) is 5.83. The molecule has 10 atom stereocenters. The minimum absolute atomic E-state index is 0.225. The van der Waals surface area contributed by atoms with E-state index in [-0.39, 0.29) is 12.2 Å². The van der Waals surface area contributed by atoms with Crippen molar-refractivity contribution in [3.05, 3.63) is 12.7 Å². The highest BCUT2D eigenvalue weighted by molar-refractivity contribution is 5.17. The molecule has 0 bridgehead atoms. The lowest BCUT2D eigenvalue weighted by Crippen LogP contribution is -2.63. The number of nitrogens with two attached hydrogens (primary N) is 1. The lowest BCUT2D eigenvalue weighted by Gasteiger charge is -2.63. The summed E-state index contributed by atoms with van der Waals surface area (Å²) in [7, 11) is 0. The summed E-state index contributed by atoms with van der Waals surface area (Å²) in [6, 6.07) is 0.332. The summed E-state index contributed by atoms with van der Waals surface area (Å²) in [6.45, 7) is 13.5. The van der Waals surface area contributed by atoms with Crippen molar-refractivity contribution in [2.24, 2.45) is 46.2 Å². The average molecular weight is 374 g/mol. The Morgan fingerprint density at radius 1 is 0.852 bits per heavy atom. The number of rotatable bonds is 1. The fraction of sp³-hybridized carbons (Fsp3) is 0.917. The second-order valence-electron chi connectivity index (χ2n) is 11.5. The third-order valence-corrected chi connectivity index (χ3v) is 9.93. The molecule has 1 heterocycles. The first-order valence-electron chi connectivity index (χ1n) is 11.4. The van der Waals surface area contributed by atoms with Crippen molar-refractivity contribution in [2.75, 3.05) is 0 Å². The van der Waals surface area contributed by atoms with Crippen LogP contribution in [-0.2, 0) is 9.47 Å². The summed E-state index contributed by atoms with van der Waals surface area (Å²) in [4.78, 5) is 0. The molecule has 0 aromatic rings. The Labute approximate surface area is 165 Å². The van der Waals surface area contributed by atoms with E-state index in [0.717, 1.165) is 18.3 Å². The summed E-state index contributed by atoms with van der Waals surface area (Å²) in [5.41, 5.74) is 7.22. The van der Waals surface area contributed by atoms with Gasteiger partial charge in [-0.05, 0) is 99.2 Å². The van der Waals surface area contributed by atoms with Crippen LogP contribution in [0.1, 0.15) is 72.6 Å². The van der Waals surface area contributed by atoms with E-state index in [4.69, 9.17) is 15.2 Å². The molecule has 27 heavy (non-hydrogen) atoms. The summed E-state index contributed by atoms with van der Waals surface area (Å²) in [5, 5.41) is 0. The average Bonchev–Trinajstić information content (AvgIpc) is 3.11. The summed E-state index contributed by atoms with van der Waals surface area (Å²) in [5.74, 6) is 2.90. The Kier molecular flexibility index (Phi) is 4.02. The van der Waals surface area contributed by atoms with Gasteiger partial charge in [-0.1, -0.05) is 19.9 Å². The molecule has 5 rings (SSSR count). The van der Waals surface area contributed by atoms with E-state index in [9.17, 15) is 0 Å². The van der Waals surface area contributed by atoms with Crippen molar-refractivity contribution in [1.29, 1.82) is 0 Å². The number of hydrogen-bond acceptors (Lipinski definition) is 3. The van der Waals surface area contributed by atoms with Crippen molar-refractivity contribution < 1.29 is 9.47 Å². The molecule has 0 amide bonds. The van der Waals surface area contributed by atoms with Gasteiger partial charge < -0.3 is 15.2 Å². The number of fused-ring (bicyclic) bond motifs is 8. The fourth-order valence-electron chi connectivity index (χ4n) is 8.64. The van der Waals surface area contributed by atoms with Gasteiger partial charge in [-0.15, -0.1) is 6.58 Å². The molecular formula is C24H39NO2. The number of ether oxygens (including phenoxy) is 2. The van der Waals surface area contributed by atoms with Crippen LogP contribution in [0.15, 0.2) is 12.7 Å². The molecule has 0 radical (unpaired) electrons.